The smallest absolute Gasteiger partial charge is 0.414 e. The summed E-state index contributed by atoms with van der Waals surface area (Å²) < 4.78 is 26.0. The number of carbonyl (C=O) groups is 5. The summed E-state index contributed by atoms with van der Waals surface area (Å²) in [6.07, 6.45) is 0.909. The molecule has 0 radical (unpaired) electrons. The molecule has 0 unspecified atom stereocenters. The number of carbonyl (C=O) groups excluding carboxylic acids is 4. The van der Waals surface area contributed by atoms with E-state index >= 15 is 4.39 Å². The number of amides is 4. The summed E-state index contributed by atoms with van der Waals surface area (Å²) in [5, 5.41) is 12.3. The first kappa shape index (κ1) is 36.7. The largest absolute Gasteiger partial charge is 0.480 e. The van der Waals surface area contributed by atoms with Crippen LogP contribution in [0.4, 0.5) is 20.6 Å². The standard InChI is InChI=1S/C27H26ClFN6O8S.2ClH/c28-22-4-3-21(44-22)25(38)35(23(36)10-31-19(26(39)40)7-15-9-30-14-32-15)12-17-11-34(27(41)43-17)20-2-1-16(8-18(20)29)33-5-6-42-13-24(33)37;;/h1-4,8-9,14,17,19,31H,5-7,10-13H2,(H,30,32)(H,39,40);2*1H/t17-,19+;;/m1../s1. The second-order valence-electron chi connectivity index (χ2n) is 9.82. The molecule has 2 saturated heterocycles. The molecule has 19 heteroatoms. The van der Waals surface area contributed by atoms with Crippen molar-refractivity contribution >= 4 is 88.9 Å². The molecule has 2 fully saturated rings. The van der Waals surface area contributed by atoms with Crippen LogP contribution in [0.15, 0.2) is 42.9 Å². The van der Waals surface area contributed by atoms with Crippen LogP contribution in [-0.4, -0.2) is 101 Å². The number of imidazole rings is 1. The minimum Gasteiger partial charge on any atom is -0.480 e. The second-order valence-corrected chi connectivity index (χ2v) is 11.5. The van der Waals surface area contributed by atoms with Crippen LogP contribution in [0, 0.1) is 5.82 Å². The number of nitrogens with zero attached hydrogens (tertiary/aromatic N) is 4. The zero-order valence-corrected chi connectivity index (χ0v) is 26.9. The third-order valence-electron chi connectivity index (χ3n) is 6.89. The molecule has 248 valence electrons. The van der Waals surface area contributed by atoms with Gasteiger partial charge in [0, 0.05) is 30.5 Å². The molecule has 3 aromatic rings. The fourth-order valence-electron chi connectivity index (χ4n) is 4.72. The van der Waals surface area contributed by atoms with E-state index in [0.29, 0.717) is 22.3 Å². The van der Waals surface area contributed by atoms with Gasteiger partial charge in [0.05, 0.1) is 47.5 Å². The number of aromatic amines is 1. The molecule has 2 atom stereocenters. The van der Waals surface area contributed by atoms with E-state index in [2.05, 4.69) is 15.3 Å². The molecule has 14 nitrogen and oxygen atoms in total. The Morgan fingerprint density at radius 2 is 2.00 bits per heavy atom. The zero-order valence-electron chi connectivity index (χ0n) is 23.7. The number of morpholine rings is 1. The molecule has 2 aromatic heterocycles. The summed E-state index contributed by atoms with van der Waals surface area (Å²) in [5.41, 5.74) is 0.717. The summed E-state index contributed by atoms with van der Waals surface area (Å²) >= 11 is 6.93. The molecule has 0 bridgehead atoms. The Bertz CT molecular complexity index is 1580. The molecular formula is C27H28Cl3FN6O8S. The molecule has 46 heavy (non-hydrogen) atoms. The molecule has 3 N–H and O–H groups in total. The molecule has 1 aromatic carbocycles. The van der Waals surface area contributed by atoms with Gasteiger partial charge in [-0.3, -0.25) is 34.3 Å². The van der Waals surface area contributed by atoms with Crippen LogP contribution < -0.4 is 15.1 Å². The lowest BCUT2D eigenvalue weighted by Crippen LogP contribution is -2.49. The SMILES string of the molecule is Cl.Cl.O=C(O)[C@H](Cc1cnc[nH]1)NCC(=O)N(C[C@H]1CN(c2ccc(N3CCOCC3=O)cc2F)C(=O)O1)C(=O)c1ccc(Cl)s1. The number of cyclic esters (lactones) is 1. The summed E-state index contributed by atoms with van der Waals surface area (Å²) in [6, 6.07) is 5.72. The molecule has 0 saturated carbocycles. The quantitative estimate of drug-likeness (QED) is 0.267. The maximum Gasteiger partial charge on any atom is 0.414 e. The van der Waals surface area contributed by atoms with Crippen molar-refractivity contribution in [2.24, 2.45) is 0 Å². The Kier molecular flexibility index (Phi) is 12.9. The third-order valence-corrected chi connectivity index (χ3v) is 8.11. The molecule has 4 amide bonds. The first-order valence-electron chi connectivity index (χ1n) is 13.3. The van der Waals surface area contributed by atoms with Crippen LogP contribution in [0.25, 0.3) is 0 Å². The number of aromatic nitrogens is 2. The Labute approximate surface area is 282 Å². The number of thiophene rings is 1. The number of nitrogens with one attached hydrogen (secondary N) is 2. The summed E-state index contributed by atoms with van der Waals surface area (Å²) in [7, 11) is 0. The molecule has 2 aliphatic rings. The first-order valence-corrected chi connectivity index (χ1v) is 14.5. The molecule has 2 aliphatic heterocycles. The highest BCUT2D eigenvalue weighted by molar-refractivity contribution is 7.18. The van der Waals surface area contributed by atoms with Gasteiger partial charge in [-0.1, -0.05) is 11.6 Å². The van der Waals surface area contributed by atoms with Crippen molar-refractivity contribution in [1.29, 1.82) is 0 Å². The summed E-state index contributed by atoms with van der Waals surface area (Å²) in [6.45, 7) is -0.680. The van der Waals surface area contributed by atoms with Crippen LogP contribution in [0.3, 0.4) is 0 Å². The van der Waals surface area contributed by atoms with Gasteiger partial charge in [0.1, 0.15) is 24.6 Å². The number of carboxylic acid groups (broad SMARTS) is 1. The van der Waals surface area contributed by atoms with Gasteiger partial charge in [-0.15, -0.1) is 36.2 Å². The fourth-order valence-corrected chi connectivity index (χ4v) is 5.71. The summed E-state index contributed by atoms with van der Waals surface area (Å²) in [5.74, 6) is -3.83. The highest BCUT2D eigenvalue weighted by Gasteiger charge is 2.38. The average Bonchev–Trinajstić information content (AvgIpc) is 3.75. The van der Waals surface area contributed by atoms with Crippen molar-refractivity contribution in [2.45, 2.75) is 18.6 Å². The summed E-state index contributed by atoms with van der Waals surface area (Å²) in [4.78, 5) is 73.4. The highest BCUT2D eigenvalue weighted by atomic mass is 35.5. The zero-order chi connectivity index (χ0) is 31.4. The van der Waals surface area contributed by atoms with E-state index in [4.69, 9.17) is 21.1 Å². The van der Waals surface area contributed by atoms with E-state index in [1.807, 2.05) is 0 Å². The number of rotatable bonds is 11. The Hall–Kier alpha value is -3.80. The van der Waals surface area contributed by atoms with Crippen LogP contribution in [0.1, 0.15) is 15.4 Å². The monoisotopic (exact) mass is 720 g/mol. The Balaban J connectivity index is 0.00000288. The maximum atomic E-state index is 15.2. The van der Waals surface area contributed by atoms with Crippen LogP contribution >= 0.6 is 47.8 Å². The molecule has 5 rings (SSSR count). The van der Waals surface area contributed by atoms with E-state index in [1.54, 1.807) is 0 Å². The van der Waals surface area contributed by atoms with Gasteiger partial charge in [0.2, 0.25) is 5.91 Å². The first-order chi connectivity index (χ1) is 21.1. The van der Waals surface area contributed by atoms with Gasteiger partial charge in [-0.2, -0.15) is 0 Å². The molecule has 0 aliphatic carbocycles. The van der Waals surface area contributed by atoms with E-state index < -0.39 is 54.9 Å². The minimum absolute atomic E-state index is 0. The number of ether oxygens (including phenoxy) is 2. The predicted molar refractivity (Wildman–Crippen MR) is 169 cm³/mol. The van der Waals surface area contributed by atoms with Crippen LogP contribution in [0.2, 0.25) is 4.34 Å². The van der Waals surface area contributed by atoms with Crippen molar-refractivity contribution in [3.05, 3.63) is 63.6 Å². The van der Waals surface area contributed by atoms with Crippen molar-refractivity contribution < 1.29 is 42.9 Å². The number of imide groups is 1. The maximum absolute atomic E-state index is 15.2. The van der Waals surface area contributed by atoms with Crippen LogP contribution in [-0.2, 0) is 30.3 Å². The van der Waals surface area contributed by atoms with Gasteiger partial charge in [-0.25, -0.2) is 14.2 Å². The predicted octanol–water partition coefficient (Wildman–Crippen LogP) is 2.75. The van der Waals surface area contributed by atoms with Gasteiger partial charge < -0.3 is 24.5 Å². The molecule has 0 spiro atoms. The molecular weight excluding hydrogens is 694 g/mol. The van der Waals surface area contributed by atoms with Crippen molar-refractivity contribution in [1.82, 2.24) is 20.2 Å². The van der Waals surface area contributed by atoms with Gasteiger partial charge >= 0.3 is 12.1 Å². The lowest BCUT2D eigenvalue weighted by Gasteiger charge is -2.27. The van der Waals surface area contributed by atoms with Crippen molar-refractivity contribution in [3.8, 4) is 0 Å². The number of halogens is 4. The van der Waals surface area contributed by atoms with E-state index in [-0.39, 0.29) is 67.4 Å². The third kappa shape index (κ3) is 8.51. The number of aliphatic carboxylic acids is 1. The van der Waals surface area contributed by atoms with E-state index in [0.717, 1.165) is 27.2 Å². The topological polar surface area (TPSA) is 174 Å². The number of hydrogen-bond donors (Lipinski definition) is 3. The van der Waals surface area contributed by atoms with E-state index in [1.165, 1.54) is 41.7 Å². The van der Waals surface area contributed by atoms with Gasteiger partial charge in [0.15, 0.2) is 0 Å². The number of H-pyrrole nitrogens is 1. The average molecular weight is 722 g/mol. The van der Waals surface area contributed by atoms with Crippen molar-refractivity contribution in [2.75, 3.05) is 49.2 Å². The number of benzene rings is 1. The van der Waals surface area contributed by atoms with Gasteiger partial charge in [-0.05, 0) is 30.3 Å². The van der Waals surface area contributed by atoms with Gasteiger partial charge in [0.25, 0.3) is 11.8 Å². The van der Waals surface area contributed by atoms with E-state index in [9.17, 15) is 29.1 Å². The van der Waals surface area contributed by atoms with Crippen LogP contribution in [0.5, 0.6) is 0 Å². The lowest BCUT2D eigenvalue weighted by atomic mass is 10.1. The second kappa shape index (κ2) is 16.2. The van der Waals surface area contributed by atoms with Crippen molar-refractivity contribution in [3.63, 3.8) is 0 Å². The number of hydrogen-bond acceptors (Lipinski definition) is 10. The minimum atomic E-state index is -1.22. The number of anilines is 2. The highest BCUT2D eigenvalue weighted by Crippen LogP contribution is 2.30. The Morgan fingerprint density at radius 1 is 1.22 bits per heavy atom. The fraction of sp³-hybridized carbons (Fsp3) is 0.333. The number of carboxylic acids is 1. The normalized spacial score (nSPS) is 16.7. The Morgan fingerprint density at radius 3 is 2.63 bits per heavy atom. The molecule has 4 heterocycles. The lowest BCUT2D eigenvalue weighted by molar-refractivity contribution is -0.139.